The van der Waals surface area contributed by atoms with Gasteiger partial charge in [0.25, 0.3) is 0 Å². The van der Waals surface area contributed by atoms with Gasteiger partial charge in [-0.3, -0.25) is 0 Å². The van der Waals surface area contributed by atoms with Crippen molar-refractivity contribution in [2.45, 2.75) is 79.8 Å². The Morgan fingerprint density at radius 1 is 0.938 bits per heavy atom. The first-order chi connectivity index (χ1) is 7.04. The molecule has 0 amide bonds. The molecule has 0 aliphatic rings. The van der Waals surface area contributed by atoms with Crippen LogP contribution in [0.15, 0.2) is 0 Å². The van der Waals surface area contributed by atoms with E-state index in [1.807, 2.05) is 13.8 Å². The van der Waals surface area contributed by atoms with Crippen LogP contribution in [0.25, 0.3) is 0 Å². The molecular weight excluding hydrogens is 196 g/mol. The molecule has 0 aliphatic heterocycles. The zero-order valence-electron chi connectivity index (χ0n) is 12.4. The molecule has 1 atom stereocenters. The fourth-order valence-corrected chi connectivity index (χ4v) is 2.25. The topological polar surface area (TPSA) is 20.2 Å². The molecule has 0 spiro atoms. The number of aliphatic hydroxyl groups is 1. The van der Waals surface area contributed by atoms with E-state index in [1.54, 1.807) is 0 Å². The van der Waals surface area contributed by atoms with Gasteiger partial charge in [0.05, 0.1) is 5.60 Å². The van der Waals surface area contributed by atoms with Crippen LogP contribution in [0.1, 0.15) is 74.1 Å². The first kappa shape index (κ1) is 16.0. The summed E-state index contributed by atoms with van der Waals surface area (Å²) in [6, 6.07) is 0. The predicted octanol–water partition coefficient (Wildman–Crippen LogP) is 4.64. The molecule has 0 heterocycles. The minimum absolute atomic E-state index is 0.398. The van der Waals surface area contributed by atoms with E-state index in [-0.39, 0.29) is 0 Å². The quantitative estimate of drug-likeness (QED) is 0.673. The Bertz CT molecular complexity index is 186. The van der Waals surface area contributed by atoms with Gasteiger partial charge in [-0.2, -0.15) is 0 Å². The molecule has 98 valence electrons. The molecule has 0 aromatic carbocycles. The first-order valence-electron chi connectivity index (χ1n) is 6.77. The Morgan fingerprint density at radius 3 is 1.81 bits per heavy atom. The Balaban J connectivity index is 4.03. The second-order valence-electron chi connectivity index (χ2n) is 7.19. The summed E-state index contributed by atoms with van der Waals surface area (Å²) in [5, 5.41) is 9.70. The summed E-state index contributed by atoms with van der Waals surface area (Å²) >= 11 is 0. The average molecular weight is 228 g/mol. The fraction of sp³-hybridized carbons (Fsp3) is 1.00. The molecule has 16 heavy (non-hydrogen) atoms. The fourth-order valence-electron chi connectivity index (χ4n) is 2.25. The van der Waals surface area contributed by atoms with Crippen molar-refractivity contribution in [1.82, 2.24) is 0 Å². The van der Waals surface area contributed by atoms with Crippen molar-refractivity contribution in [3.8, 4) is 0 Å². The highest BCUT2D eigenvalue weighted by molar-refractivity contribution is 4.77. The maximum atomic E-state index is 9.70. The predicted molar refractivity (Wildman–Crippen MR) is 72.5 cm³/mol. The minimum atomic E-state index is -0.503. The maximum Gasteiger partial charge on any atom is 0.0591 e. The number of hydrogen-bond acceptors (Lipinski definition) is 1. The summed E-state index contributed by atoms with van der Waals surface area (Å²) in [4.78, 5) is 0. The molecule has 1 nitrogen and oxygen atoms in total. The highest BCUT2D eigenvalue weighted by atomic mass is 16.3. The maximum absolute atomic E-state index is 9.70. The standard InChI is InChI=1S/C15H32O/c1-12(2)11-13(3)14(4,5)9-8-10-15(6,7)16/h12-13,16H,8-11H2,1-7H3. The van der Waals surface area contributed by atoms with Crippen LogP contribution in [0.4, 0.5) is 0 Å². The molecule has 1 unspecified atom stereocenters. The van der Waals surface area contributed by atoms with Gasteiger partial charge in [0.2, 0.25) is 0 Å². The molecular formula is C15H32O. The Morgan fingerprint density at radius 2 is 1.44 bits per heavy atom. The van der Waals surface area contributed by atoms with E-state index < -0.39 is 5.60 Å². The molecule has 0 saturated heterocycles. The normalized spacial score (nSPS) is 15.6. The molecule has 0 aromatic heterocycles. The number of hydrogen-bond donors (Lipinski definition) is 1. The third-order valence-electron chi connectivity index (χ3n) is 3.77. The van der Waals surface area contributed by atoms with Gasteiger partial charge in [0, 0.05) is 0 Å². The van der Waals surface area contributed by atoms with Crippen LogP contribution in [0, 0.1) is 17.3 Å². The first-order valence-corrected chi connectivity index (χ1v) is 6.77. The third-order valence-corrected chi connectivity index (χ3v) is 3.77. The van der Waals surface area contributed by atoms with Crippen molar-refractivity contribution >= 4 is 0 Å². The number of rotatable bonds is 7. The van der Waals surface area contributed by atoms with Crippen LogP contribution in [0.5, 0.6) is 0 Å². The smallest absolute Gasteiger partial charge is 0.0591 e. The van der Waals surface area contributed by atoms with E-state index in [1.165, 1.54) is 12.8 Å². The molecule has 1 heteroatoms. The molecule has 1 N–H and O–H groups in total. The van der Waals surface area contributed by atoms with Crippen LogP contribution in [-0.4, -0.2) is 10.7 Å². The van der Waals surface area contributed by atoms with E-state index in [2.05, 4.69) is 34.6 Å². The van der Waals surface area contributed by atoms with Crippen LogP contribution >= 0.6 is 0 Å². The summed E-state index contributed by atoms with van der Waals surface area (Å²) < 4.78 is 0. The van der Waals surface area contributed by atoms with E-state index in [0.29, 0.717) is 5.41 Å². The second kappa shape index (κ2) is 6.05. The minimum Gasteiger partial charge on any atom is -0.390 e. The van der Waals surface area contributed by atoms with Crippen molar-refractivity contribution < 1.29 is 5.11 Å². The Labute approximate surface area is 103 Å². The highest BCUT2D eigenvalue weighted by Crippen LogP contribution is 2.36. The van der Waals surface area contributed by atoms with Gasteiger partial charge in [-0.15, -0.1) is 0 Å². The summed E-state index contributed by atoms with van der Waals surface area (Å²) in [6.07, 6.45) is 4.55. The van der Waals surface area contributed by atoms with Gasteiger partial charge in [0.1, 0.15) is 0 Å². The monoisotopic (exact) mass is 228 g/mol. The van der Waals surface area contributed by atoms with Crippen molar-refractivity contribution in [1.29, 1.82) is 0 Å². The van der Waals surface area contributed by atoms with Gasteiger partial charge in [0.15, 0.2) is 0 Å². The third kappa shape index (κ3) is 7.27. The van der Waals surface area contributed by atoms with Crippen molar-refractivity contribution in [3.05, 3.63) is 0 Å². The summed E-state index contributed by atoms with van der Waals surface area (Å²) in [5.41, 5.74) is -0.104. The van der Waals surface area contributed by atoms with Crippen molar-refractivity contribution in [3.63, 3.8) is 0 Å². The van der Waals surface area contributed by atoms with Crippen LogP contribution in [-0.2, 0) is 0 Å². The van der Waals surface area contributed by atoms with E-state index in [4.69, 9.17) is 0 Å². The summed E-state index contributed by atoms with van der Waals surface area (Å²) in [6.45, 7) is 15.5. The Kier molecular flexibility index (Phi) is 6.03. The van der Waals surface area contributed by atoms with E-state index >= 15 is 0 Å². The largest absolute Gasteiger partial charge is 0.390 e. The Hall–Kier alpha value is -0.0400. The summed E-state index contributed by atoms with van der Waals surface area (Å²) in [5.74, 6) is 1.54. The van der Waals surface area contributed by atoms with Crippen LogP contribution in [0.3, 0.4) is 0 Å². The highest BCUT2D eigenvalue weighted by Gasteiger charge is 2.26. The van der Waals surface area contributed by atoms with Gasteiger partial charge in [-0.25, -0.2) is 0 Å². The van der Waals surface area contributed by atoms with E-state index in [0.717, 1.165) is 24.7 Å². The molecule has 0 aromatic rings. The zero-order valence-corrected chi connectivity index (χ0v) is 12.4. The molecule has 0 rings (SSSR count). The summed E-state index contributed by atoms with van der Waals surface area (Å²) in [7, 11) is 0. The lowest BCUT2D eigenvalue weighted by Gasteiger charge is -2.34. The molecule has 0 fully saturated rings. The second-order valence-corrected chi connectivity index (χ2v) is 7.19. The van der Waals surface area contributed by atoms with Crippen LogP contribution in [0.2, 0.25) is 0 Å². The molecule has 0 bridgehead atoms. The molecule has 0 aliphatic carbocycles. The van der Waals surface area contributed by atoms with Gasteiger partial charge in [-0.1, -0.05) is 41.0 Å². The van der Waals surface area contributed by atoms with Crippen LogP contribution < -0.4 is 0 Å². The molecule has 0 radical (unpaired) electrons. The lowest BCUT2D eigenvalue weighted by Crippen LogP contribution is -2.25. The van der Waals surface area contributed by atoms with Gasteiger partial charge >= 0.3 is 0 Å². The van der Waals surface area contributed by atoms with Crippen molar-refractivity contribution in [2.24, 2.45) is 17.3 Å². The average Bonchev–Trinajstić information content (AvgIpc) is 1.99. The van der Waals surface area contributed by atoms with Gasteiger partial charge in [-0.05, 0) is 50.4 Å². The zero-order chi connectivity index (χ0) is 13.0. The molecule has 0 saturated carbocycles. The SMILES string of the molecule is CC(C)CC(C)C(C)(C)CCCC(C)(C)O. The van der Waals surface area contributed by atoms with Crippen molar-refractivity contribution in [2.75, 3.05) is 0 Å². The van der Waals surface area contributed by atoms with Gasteiger partial charge < -0.3 is 5.11 Å². The lowest BCUT2D eigenvalue weighted by atomic mass is 9.72. The van der Waals surface area contributed by atoms with E-state index in [9.17, 15) is 5.11 Å². The lowest BCUT2D eigenvalue weighted by molar-refractivity contribution is 0.0610.